The fraction of sp³-hybridized carbons (Fsp3) is 0.611. The van der Waals surface area contributed by atoms with Crippen LogP contribution in [0.4, 0.5) is 4.39 Å². The Morgan fingerprint density at radius 2 is 2.25 bits per heavy atom. The topological polar surface area (TPSA) is 53.6 Å². The molecule has 3 rings (SSSR count). The molecule has 0 aliphatic carbocycles. The van der Waals surface area contributed by atoms with Crippen LogP contribution in [-0.2, 0) is 9.53 Å². The molecule has 0 saturated carbocycles. The van der Waals surface area contributed by atoms with Crippen LogP contribution < -0.4 is 10.6 Å². The van der Waals surface area contributed by atoms with E-state index in [0.29, 0.717) is 44.3 Å². The third-order valence-electron chi connectivity index (χ3n) is 4.84. The summed E-state index contributed by atoms with van der Waals surface area (Å²) >= 11 is 0. The van der Waals surface area contributed by atoms with Crippen molar-refractivity contribution >= 4 is 5.91 Å². The summed E-state index contributed by atoms with van der Waals surface area (Å²) in [5.74, 6) is 0.283. The van der Waals surface area contributed by atoms with Gasteiger partial charge in [-0.25, -0.2) is 4.39 Å². The lowest BCUT2D eigenvalue weighted by Crippen LogP contribution is -2.46. The van der Waals surface area contributed by atoms with Gasteiger partial charge in [0.25, 0.3) is 0 Å². The summed E-state index contributed by atoms with van der Waals surface area (Å²) in [6, 6.07) is 5.90. The van der Waals surface area contributed by atoms with E-state index < -0.39 is 6.04 Å². The van der Waals surface area contributed by atoms with E-state index in [-0.39, 0.29) is 11.7 Å². The molecule has 2 aliphatic rings. The second-order valence-corrected chi connectivity index (χ2v) is 6.54. The van der Waals surface area contributed by atoms with Gasteiger partial charge in [0, 0.05) is 19.6 Å². The predicted octanol–water partition coefficient (Wildman–Crippen LogP) is 1.31. The van der Waals surface area contributed by atoms with Gasteiger partial charge in [0.15, 0.2) is 0 Å². The average Bonchev–Trinajstić information content (AvgIpc) is 3.10. The van der Waals surface area contributed by atoms with E-state index in [2.05, 4.69) is 15.5 Å². The van der Waals surface area contributed by atoms with Crippen LogP contribution in [0.15, 0.2) is 24.3 Å². The average molecular weight is 335 g/mol. The van der Waals surface area contributed by atoms with Gasteiger partial charge in [-0.15, -0.1) is 0 Å². The van der Waals surface area contributed by atoms with E-state index in [4.69, 9.17) is 4.74 Å². The van der Waals surface area contributed by atoms with Crippen molar-refractivity contribution in [3.05, 3.63) is 35.6 Å². The summed E-state index contributed by atoms with van der Waals surface area (Å²) < 4.78 is 19.0. The van der Waals surface area contributed by atoms with Gasteiger partial charge >= 0.3 is 0 Å². The lowest BCUT2D eigenvalue weighted by atomic mass is 10.0. The molecule has 2 aliphatic heterocycles. The number of hydrogen-bond acceptors (Lipinski definition) is 4. The van der Waals surface area contributed by atoms with Crippen LogP contribution in [0, 0.1) is 11.7 Å². The van der Waals surface area contributed by atoms with E-state index in [0.717, 1.165) is 19.5 Å². The lowest BCUT2D eigenvalue weighted by molar-refractivity contribution is -0.128. The standard InChI is InChI=1S/C18H26FN3O2/c19-16-3-1-2-15(12-16)17(22-8-10-24-11-9-22)18(23)21-7-5-14-4-6-20-13-14/h1-3,12,14,17,20H,4-11,13H2,(H,21,23). The molecular formula is C18H26FN3O2. The molecule has 0 aromatic heterocycles. The molecule has 0 radical (unpaired) electrons. The molecule has 2 N–H and O–H groups in total. The zero-order valence-electron chi connectivity index (χ0n) is 14.0. The number of halogens is 1. The minimum atomic E-state index is -0.452. The van der Waals surface area contributed by atoms with Crippen molar-refractivity contribution in [2.75, 3.05) is 45.9 Å². The summed E-state index contributed by atoms with van der Waals surface area (Å²) in [5.41, 5.74) is 0.705. The van der Waals surface area contributed by atoms with Crippen LogP contribution >= 0.6 is 0 Å². The Balaban J connectivity index is 1.64. The molecule has 1 amide bonds. The summed E-state index contributed by atoms with van der Waals surface area (Å²) in [6.45, 7) is 5.34. The summed E-state index contributed by atoms with van der Waals surface area (Å²) in [7, 11) is 0. The van der Waals surface area contributed by atoms with Gasteiger partial charge in [0.1, 0.15) is 11.9 Å². The molecule has 132 valence electrons. The molecule has 2 fully saturated rings. The number of hydrogen-bond donors (Lipinski definition) is 2. The molecular weight excluding hydrogens is 309 g/mol. The first-order chi connectivity index (χ1) is 11.7. The van der Waals surface area contributed by atoms with Crippen molar-refractivity contribution in [1.82, 2.24) is 15.5 Å². The maximum Gasteiger partial charge on any atom is 0.241 e. The second kappa shape index (κ2) is 8.55. The summed E-state index contributed by atoms with van der Waals surface area (Å²) in [4.78, 5) is 14.9. The fourth-order valence-electron chi connectivity index (χ4n) is 3.50. The SMILES string of the molecule is O=C(NCCC1CCNC1)C(c1cccc(F)c1)N1CCOCC1. The highest BCUT2D eigenvalue weighted by Crippen LogP contribution is 2.23. The van der Waals surface area contributed by atoms with E-state index in [1.54, 1.807) is 6.07 Å². The zero-order valence-corrected chi connectivity index (χ0v) is 14.0. The molecule has 24 heavy (non-hydrogen) atoms. The maximum atomic E-state index is 13.6. The molecule has 2 saturated heterocycles. The van der Waals surface area contributed by atoms with E-state index in [9.17, 15) is 9.18 Å². The molecule has 2 unspecified atom stereocenters. The highest BCUT2D eigenvalue weighted by atomic mass is 19.1. The van der Waals surface area contributed by atoms with Crippen molar-refractivity contribution in [2.45, 2.75) is 18.9 Å². The number of benzene rings is 1. The number of carbonyl (C=O) groups is 1. The smallest absolute Gasteiger partial charge is 0.241 e. The van der Waals surface area contributed by atoms with Crippen LogP contribution in [0.3, 0.4) is 0 Å². The van der Waals surface area contributed by atoms with Gasteiger partial charge in [0.05, 0.1) is 13.2 Å². The number of rotatable bonds is 6. The number of ether oxygens (including phenoxy) is 1. The highest BCUT2D eigenvalue weighted by molar-refractivity contribution is 5.83. The van der Waals surface area contributed by atoms with Gasteiger partial charge in [-0.3, -0.25) is 9.69 Å². The Bertz CT molecular complexity index is 543. The summed E-state index contributed by atoms with van der Waals surface area (Å²) in [6.07, 6.45) is 2.16. The Labute approximate surface area is 142 Å². The maximum absolute atomic E-state index is 13.6. The summed E-state index contributed by atoms with van der Waals surface area (Å²) in [5, 5.41) is 6.39. The first-order valence-corrected chi connectivity index (χ1v) is 8.80. The molecule has 1 aromatic rings. The van der Waals surface area contributed by atoms with Crippen LogP contribution in [0.1, 0.15) is 24.4 Å². The van der Waals surface area contributed by atoms with E-state index >= 15 is 0 Å². The Morgan fingerprint density at radius 3 is 2.96 bits per heavy atom. The van der Waals surface area contributed by atoms with Crippen LogP contribution in [0.25, 0.3) is 0 Å². The van der Waals surface area contributed by atoms with Gasteiger partial charge < -0.3 is 15.4 Å². The van der Waals surface area contributed by atoms with Crippen molar-refractivity contribution in [3.63, 3.8) is 0 Å². The number of nitrogens with one attached hydrogen (secondary N) is 2. The highest BCUT2D eigenvalue weighted by Gasteiger charge is 2.29. The molecule has 1 aromatic carbocycles. The Hall–Kier alpha value is -1.50. The molecule has 0 spiro atoms. The quantitative estimate of drug-likeness (QED) is 0.823. The first-order valence-electron chi connectivity index (χ1n) is 8.80. The van der Waals surface area contributed by atoms with Gasteiger partial charge in [0.2, 0.25) is 5.91 Å². The minimum Gasteiger partial charge on any atom is -0.379 e. The van der Waals surface area contributed by atoms with Crippen LogP contribution in [0.5, 0.6) is 0 Å². The minimum absolute atomic E-state index is 0.0477. The van der Waals surface area contributed by atoms with Crippen molar-refractivity contribution in [2.24, 2.45) is 5.92 Å². The number of morpholine rings is 1. The molecule has 6 heteroatoms. The van der Waals surface area contributed by atoms with Crippen molar-refractivity contribution in [1.29, 1.82) is 0 Å². The second-order valence-electron chi connectivity index (χ2n) is 6.54. The Morgan fingerprint density at radius 1 is 1.42 bits per heavy atom. The van der Waals surface area contributed by atoms with Gasteiger partial charge in [-0.05, 0) is 49.5 Å². The third-order valence-corrected chi connectivity index (χ3v) is 4.84. The zero-order chi connectivity index (χ0) is 16.8. The normalized spacial score (nSPS) is 23.1. The fourth-order valence-corrected chi connectivity index (χ4v) is 3.50. The molecule has 5 nitrogen and oxygen atoms in total. The third kappa shape index (κ3) is 4.53. The monoisotopic (exact) mass is 335 g/mol. The number of amides is 1. The number of carbonyl (C=O) groups excluding carboxylic acids is 1. The van der Waals surface area contributed by atoms with Crippen LogP contribution in [-0.4, -0.2) is 56.7 Å². The largest absolute Gasteiger partial charge is 0.379 e. The molecule has 2 atom stereocenters. The molecule has 0 bridgehead atoms. The van der Waals surface area contributed by atoms with Gasteiger partial charge in [-0.1, -0.05) is 12.1 Å². The van der Waals surface area contributed by atoms with E-state index in [1.807, 2.05) is 6.07 Å². The van der Waals surface area contributed by atoms with Gasteiger partial charge in [-0.2, -0.15) is 0 Å². The van der Waals surface area contributed by atoms with Crippen LogP contribution in [0.2, 0.25) is 0 Å². The Kier molecular flexibility index (Phi) is 6.18. The predicted molar refractivity (Wildman–Crippen MR) is 90.1 cm³/mol. The number of nitrogens with zero attached hydrogens (tertiary/aromatic N) is 1. The first kappa shape index (κ1) is 17.3. The van der Waals surface area contributed by atoms with Crippen molar-refractivity contribution < 1.29 is 13.9 Å². The van der Waals surface area contributed by atoms with Crippen molar-refractivity contribution in [3.8, 4) is 0 Å². The van der Waals surface area contributed by atoms with E-state index in [1.165, 1.54) is 18.6 Å². The lowest BCUT2D eigenvalue weighted by Gasteiger charge is -2.33. The molecule has 2 heterocycles.